The molecular formula is C21H20N6O2. The van der Waals surface area contributed by atoms with Crippen LogP contribution in [0.15, 0.2) is 36.4 Å². The number of fused-ring (bicyclic) bond motifs is 3. The van der Waals surface area contributed by atoms with Crippen molar-refractivity contribution in [2.45, 2.75) is 26.2 Å². The number of carbonyl (C=O) groups is 2. The lowest BCUT2D eigenvalue weighted by molar-refractivity contribution is -0.122. The third-order valence-corrected chi connectivity index (χ3v) is 5.68. The molecule has 146 valence electrons. The number of hydrogen-bond acceptors (Lipinski definition) is 4. The second kappa shape index (κ2) is 5.66. The highest BCUT2D eigenvalue weighted by molar-refractivity contribution is 6.09. The fourth-order valence-electron chi connectivity index (χ4n) is 4.17. The number of aromatic nitrogens is 4. The van der Waals surface area contributed by atoms with Crippen molar-refractivity contribution >= 4 is 39.6 Å². The van der Waals surface area contributed by atoms with Crippen LogP contribution >= 0.6 is 0 Å². The van der Waals surface area contributed by atoms with E-state index in [1.165, 1.54) is 4.68 Å². The summed E-state index contributed by atoms with van der Waals surface area (Å²) in [4.78, 5) is 34.3. The van der Waals surface area contributed by atoms with Gasteiger partial charge in [0.15, 0.2) is 5.82 Å². The van der Waals surface area contributed by atoms with Gasteiger partial charge in [0.05, 0.1) is 27.7 Å². The van der Waals surface area contributed by atoms with Crippen LogP contribution in [0.3, 0.4) is 0 Å². The van der Waals surface area contributed by atoms with Gasteiger partial charge in [-0.05, 0) is 44.5 Å². The van der Waals surface area contributed by atoms with Crippen molar-refractivity contribution in [3.63, 3.8) is 0 Å². The van der Waals surface area contributed by atoms with E-state index in [2.05, 4.69) is 10.1 Å². The largest absolute Gasteiger partial charge is 0.350 e. The van der Waals surface area contributed by atoms with E-state index in [4.69, 9.17) is 10.7 Å². The monoisotopic (exact) mass is 388 g/mol. The summed E-state index contributed by atoms with van der Waals surface area (Å²) in [5, 5.41) is 5.17. The average Bonchev–Trinajstić information content (AvgIpc) is 3.32. The van der Waals surface area contributed by atoms with Gasteiger partial charge in [-0.1, -0.05) is 18.2 Å². The lowest BCUT2D eigenvalue weighted by Crippen LogP contribution is -2.35. The first-order chi connectivity index (χ1) is 13.8. The van der Waals surface area contributed by atoms with Gasteiger partial charge in [-0.2, -0.15) is 9.78 Å². The molecule has 0 saturated carbocycles. The van der Waals surface area contributed by atoms with Crippen molar-refractivity contribution in [2.75, 3.05) is 11.4 Å². The van der Waals surface area contributed by atoms with Crippen molar-refractivity contribution in [3.05, 3.63) is 42.0 Å². The van der Waals surface area contributed by atoms with Gasteiger partial charge >= 0.3 is 6.03 Å². The minimum Gasteiger partial charge on any atom is -0.350 e. The first-order valence-corrected chi connectivity index (χ1v) is 9.47. The zero-order valence-electron chi connectivity index (χ0n) is 16.4. The smallest absolute Gasteiger partial charge is 0.340 e. The highest BCUT2D eigenvalue weighted by atomic mass is 16.2. The van der Waals surface area contributed by atoms with E-state index >= 15 is 0 Å². The maximum atomic E-state index is 12.8. The molecule has 5 rings (SSSR count). The zero-order chi connectivity index (χ0) is 20.5. The summed E-state index contributed by atoms with van der Waals surface area (Å²) in [5.41, 5.74) is 9.48. The standard InChI is InChI=1S/C21H20N6O2/c1-4-26-16-10-14-13(9-12(16)21(2,3)19(26)28)23-18(24-14)17-11-7-5-6-8-15(11)27(25-17)20(22)29/h5-10H,4H2,1-3H3,(H2,22,29)(H,23,24). The Morgan fingerprint density at radius 3 is 2.72 bits per heavy atom. The molecule has 29 heavy (non-hydrogen) atoms. The molecule has 2 aromatic carbocycles. The molecule has 0 unspecified atom stereocenters. The summed E-state index contributed by atoms with van der Waals surface area (Å²) in [5.74, 6) is 0.640. The zero-order valence-corrected chi connectivity index (χ0v) is 16.4. The molecule has 2 amide bonds. The highest BCUT2D eigenvalue weighted by Gasteiger charge is 2.43. The number of nitrogens with one attached hydrogen (secondary N) is 1. The SMILES string of the molecule is CCN1C(=O)C(C)(C)c2cc3[nH]c(-c4nn(C(N)=O)c5ccccc45)nc3cc21. The number of benzene rings is 2. The summed E-state index contributed by atoms with van der Waals surface area (Å²) >= 11 is 0. The second-order valence-electron chi connectivity index (χ2n) is 7.76. The number of nitrogens with two attached hydrogens (primary N) is 1. The van der Waals surface area contributed by atoms with Crippen LogP contribution in [0.25, 0.3) is 33.5 Å². The summed E-state index contributed by atoms with van der Waals surface area (Å²) in [6, 6.07) is 10.7. The number of anilines is 1. The van der Waals surface area contributed by atoms with Crippen LogP contribution in [0.2, 0.25) is 0 Å². The van der Waals surface area contributed by atoms with Crippen LogP contribution in [0, 0.1) is 0 Å². The summed E-state index contributed by atoms with van der Waals surface area (Å²) in [7, 11) is 0. The molecule has 0 bridgehead atoms. The fraction of sp³-hybridized carbons (Fsp3) is 0.238. The molecule has 1 aliphatic heterocycles. The Bertz CT molecular complexity index is 1330. The second-order valence-corrected chi connectivity index (χ2v) is 7.76. The van der Waals surface area contributed by atoms with Crippen LogP contribution in [-0.2, 0) is 10.2 Å². The molecule has 0 saturated heterocycles. The van der Waals surface area contributed by atoms with Gasteiger partial charge in [-0.25, -0.2) is 9.78 Å². The van der Waals surface area contributed by atoms with Gasteiger partial charge in [0.1, 0.15) is 5.69 Å². The van der Waals surface area contributed by atoms with Crippen LogP contribution in [0.1, 0.15) is 26.3 Å². The molecule has 0 atom stereocenters. The maximum absolute atomic E-state index is 12.8. The number of amides is 2. The quantitative estimate of drug-likeness (QED) is 0.549. The number of nitrogens with zero attached hydrogens (tertiary/aromatic N) is 4. The molecule has 8 heteroatoms. The molecule has 3 heterocycles. The van der Waals surface area contributed by atoms with Gasteiger partial charge in [0, 0.05) is 11.9 Å². The van der Waals surface area contributed by atoms with Crippen LogP contribution < -0.4 is 10.6 Å². The number of primary amides is 1. The van der Waals surface area contributed by atoms with Gasteiger partial charge in [0.2, 0.25) is 5.91 Å². The third kappa shape index (κ3) is 2.25. The molecule has 0 spiro atoms. The van der Waals surface area contributed by atoms with Crippen molar-refractivity contribution in [1.29, 1.82) is 0 Å². The van der Waals surface area contributed by atoms with Crippen LogP contribution in [-0.4, -0.2) is 38.2 Å². The van der Waals surface area contributed by atoms with Crippen molar-refractivity contribution in [2.24, 2.45) is 5.73 Å². The molecule has 3 N–H and O–H groups in total. The van der Waals surface area contributed by atoms with Crippen molar-refractivity contribution in [3.8, 4) is 11.5 Å². The van der Waals surface area contributed by atoms with Crippen molar-refractivity contribution < 1.29 is 9.59 Å². The first-order valence-electron chi connectivity index (χ1n) is 9.47. The van der Waals surface area contributed by atoms with Gasteiger partial charge in [-0.3, -0.25) is 4.79 Å². The molecule has 1 aliphatic rings. The van der Waals surface area contributed by atoms with E-state index in [-0.39, 0.29) is 5.91 Å². The summed E-state index contributed by atoms with van der Waals surface area (Å²) in [6.07, 6.45) is 0. The number of para-hydroxylation sites is 1. The molecule has 2 aromatic heterocycles. The third-order valence-electron chi connectivity index (χ3n) is 5.68. The van der Waals surface area contributed by atoms with Crippen molar-refractivity contribution in [1.82, 2.24) is 19.7 Å². The number of likely N-dealkylation sites (N-methyl/N-ethyl adjacent to an activating group) is 1. The van der Waals surface area contributed by atoms with E-state index in [0.717, 1.165) is 27.7 Å². The summed E-state index contributed by atoms with van der Waals surface area (Å²) < 4.78 is 1.18. The molecular weight excluding hydrogens is 368 g/mol. The number of H-pyrrole nitrogens is 1. The molecule has 0 radical (unpaired) electrons. The normalized spacial score (nSPS) is 15.4. The molecule has 0 aliphatic carbocycles. The Morgan fingerprint density at radius 1 is 1.24 bits per heavy atom. The first kappa shape index (κ1) is 17.4. The maximum Gasteiger partial charge on any atom is 0.340 e. The Balaban J connectivity index is 1.73. The number of rotatable bonds is 2. The lowest BCUT2D eigenvalue weighted by atomic mass is 9.86. The minimum atomic E-state index is -0.651. The average molecular weight is 388 g/mol. The van der Waals surface area contributed by atoms with E-state index in [0.29, 0.717) is 23.6 Å². The number of carbonyl (C=O) groups excluding carboxylic acids is 2. The number of hydrogen-bond donors (Lipinski definition) is 2. The van der Waals surface area contributed by atoms with E-state index < -0.39 is 11.4 Å². The van der Waals surface area contributed by atoms with Crippen LogP contribution in [0.4, 0.5) is 10.5 Å². The van der Waals surface area contributed by atoms with E-state index in [1.807, 2.05) is 51.1 Å². The predicted molar refractivity (Wildman–Crippen MR) is 111 cm³/mol. The molecule has 8 nitrogen and oxygen atoms in total. The van der Waals surface area contributed by atoms with Gasteiger partial charge in [0.25, 0.3) is 0 Å². The fourth-order valence-corrected chi connectivity index (χ4v) is 4.17. The Morgan fingerprint density at radius 2 is 2.00 bits per heavy atom. The van der Waals surface area contributed by atoms with Gasteiger partial charge < -0.3 is 15.6 Å². The molecule has 4 aromatic rings. The van der Waals surface area contributed by atoms with E-state index in [1.54, 1.807) is 11.0 Å². The Kier molecular flexibility index (Phi) is 3.40. The van der Waals surface area contributed by atoms with Gasteiger partial charge in [-0.15, -0.1) is 0 Å². The lowest BCUT2D eigenvalue weighted by Gasteiger charge is -2.18. The summed E-state index contributed by atoms with van der Waals surface area (Å²) in [6.45, 7) is 6.45. The number of imidazole rings is 1. The highest BCUT2D eigenvalue weighted by Crippen LogP contribution is 2.43. The topological polar surface area (TPSA) is 110 Å². The number of aromatic amines is 1. The van der Waals surface area contributed by atoms with E-state index in [9.17, 15) is 9.59 Å². The molecule has 0 fully saturated rings. The Labute approximate surface area is 166 Å². The minimum absolute atomic E-state index is 0.0917. The Hall–Kier alpha value is -3.68. The van der Waals surface area contributed by atoms with Crippen LogP contribution in [0.5, 0.6) is 0 Å². The predicted octanol–water partition coefficient (Wildman–Crippen LogP) is 3.15.